The van der Waals surface area contributed by atoms with Gasteiger partial charge in [0.05, 0.1) is 13.0 Å². The van der Waals surface area contributed by atoms with Gasteiger partial charge < -0.3 is 15.8 Å². The smallest absolute Gasteiger partial charge is 0.223 e. The van der Waals surface area contributed by atoms with Crippen LogP contribution in [-0.4, -0.2) is 25.6 Å². The molecule has 0 bridgehead atoms. The summed E-state index contributed by atoms with van der Waals surface area (Å²) in [6, 6.07) is 2.21. The summed E-state index contributed by atoms with van der Waals surface area (Å²) in [6.07, 6.45) is 0.420. The van der Waals surface area contributed by atoms with E-state index in [2.05, 4.69) is 5.32 Å². The van der Waals surface area contributed by atoms with Crippen LogP contribution in [-0.2, 0) is 11.2 Å². The largest absolute Gasteiger partial charge is 0.487 e. The molecule has 19 heavy (non-hydrogen) atoms. The lowest BCUT2D eigenvalue weighted by Gasteiger charge is -2.11. The number of carbonyl (C=O) groups excluding carboxylic acids is 1. The molecule has 0 saturated heterocycles. The Balaban J connectivity index is 2.71. The third kappa shape index (κ3) is 4.82. The maximum Gasteiger partial charge on any atom is 0.223 e. The van der Waals surface area contributed by atoms with Crippen LogP contribution in [0.25, 0.3) is 0 Å². The predicted molar refractivity (Wildman–Crippen MR) is 67.9 cm³/mol. The summed E-state index contributed by atoms with van der Waals surface area (Å²) in [7, 11) is 1.48. The number of nitrogens with one attached hydrogen (secondary N) is 1. The van der Waals surface area contributed by atoms with Crippen molar-refractivity contribution >= 4 is 5.91 Å². The van der Waals surface area contributed by atoms with Crippen molar-refractivity contribution in [2.45, 2.75) is 25.8 Å². The first-order valence-corrected chi connectivity index (χ1v) is 6.01. The molecular weight excluding hydrogens is 254 g/mol. The van der Waals surface area contributed by atoms with E-state index >= 15 is 0 Å². The normalized spacial score (nSPS) is 12.1. The van der Waals surface area contributed by atoms with Crippen LogP contribution in [0.4, 0.5) is 8.78 Å². The lowest BCUT2D eigenvalue weighted by Crippen LogP contribution is -2.20. The number of halogens is 2. The topological polar surface area (TPSA) is 64.3 Å². The fraction of sp³-hybridized carbons (Fsp3) is 0.462. The maximum atomic E-state index is 13.7. The first-order chi connectivity index (χ1) is 8.93. The summed E-state index contributed by atoms with van der Waals surface area (Å²) < 4.78 is 32.3. The fourth-order valence-corrected chi connectivity index (χ4v) is 1.61. The van der Waals surface area contributed by atoms with E-state index in [1.165, 1.54) is 19.2 Å². The second-order valence-corrected chi connectivity index (χ2v) is 4.34. The van der Waals surface area contributed by atoms with Crippen LogP contribution in [0, 0.1) is 11.6 Å². The molecule has 0 aliphatic heterocycles. The molecule has 106 valence electrons. The lowest BCUT2D eigenvalue weighted by atomic mass is 10.1. The van der Waals surface area contributed by atoms with Crippen molar-refractivity contribution in [1.29, 1.82) is 0 Å². The van der Waals surface area contributed by atoms with E-state index < -0.39 is 17.4 Å². The second kappa shape index (κ2) is 7.04. The van der Waals surface area contributed by atoms with Gasteiger partial charge in [-0.1, -0.05) is 0 Å². The zero-order valence-electron chi connectivity index (χ0n) is 11.0. The molecule has 4 nitrogen and oxygen atoms in total. The van der Waals surface area contributed by atoms with Gasteiger partial charge in [-0.25, -0.2) is 8.78 Å². The monoisotopic (exact) mass is 272 g/mol. The quantitative estimate of drug-likeness (QED) is 0.822. The molecule has 0 aromatic heterocycles. The number of ether oxygens (including phenoxy) is 1. The van der Waals surface area contributed by atoms with E-state index in [-0.39, 0.29) is 25.0 Å². The van der Waals surface area contributed by atoms with E-state index in [0.29, 0.717) is 12.0 Å². The third-order valence-corrected chi connectivity index (χ3v) is 2.47. The van der Waals surface area contributed by atoms with Crippen LogP contribution in [0.1, 0.15) is 18.9 Å². The molecule has 0 aliphatic carbocycles. The number of hydrogen-bond donors (Lipinski definition) is 2. The minimum atomic E-state index is -0.785. The van der Waals surface area contributed by atoms with Crippen LogP contribution in [0.2, 0.25) is 0 Å². The van der Waals surface area contributed by atoms with Crippen molar-refractivity contribution in [2.24, 2.45) is 5.73 Å². The Hall–Kier alpha value is -1.69. The Morgan fingerprint density at radius 1 is 1.42 bits per heavy atom. The maximum absolute atomic E-state index is 13.7. The van der Waals surface area contributed by atoms with Crippen molar-refractivity contribution in [2.75, 3.05) is 13.7 Å². The fourth-order valence-electron chi connectivity index (χ4n) is 1.61. The van der Waals surface area contributed by atoms with Gasteiger partial charge in [-0.15, -0.1) is 0 Å². The molecule has 1 unspecified atom stereocenters. The van der Waals surface area contributed by atoms with Crippen LogP contribution in [0.15, 0.2) is 12.1 Å². The summed E-state index contributed by atoms with van der Waals surface area (Å²) in [4.78, 5) is 11.0. The van der Waals surface area contributed by atoms with Crippen molar-refractivity contribution in [3.8, 4) is 5.75 Å². The number of nitrogens with two attached hydrogens (primary N) is 1. The minimum Gasteiger partial charge on any atom is -0.487 e. The molecule has 3 N–H and O–H groups in total. The molecule has 1 rings (SSSR count). The van der Waals surface area contributed by atoms with Gasteiger partial charge in [-0.05, 0) is 31.0 Å². The molecule has 0 heterocycles. The van der Waals surface area contributed by atoms with Gasteiger partial charge in [0.25, 0.3) is 0 Å². The SMILES string of the molecule is CNC(=O)CCOc1c(F)cc(CC(C)N)cc1F. The molecule has 0 aliphatic rings. The summed E-state index contributed by atoms with van der Waals surface area (Å²) in [5.41, 5.74) is 6.05. The zero-order valence-corrected chi connectivity index (χ0v) is 11.0. The molecular formula is C13H18F2N2O2. The third-order valence-electron chi connectivity index (χ3n) is 2.47. The first kappa shape index (κ1) is 15.4. The molecule has 0 saturated carbocycles. The summed E-state index contributed by atoms with van der Waals surface area (Å²) in [5, 5.41) is 2.39. The highest BCUT2D eigenvalue weighted by molar-refractivity contribution is 5.75. The number of carbonyl (C=O) groups is 1. The van der Waals surface area contributed by atoms with Crippen LogP contribution in [0.5, 0.6) is 5.75 Å². The number of amides is 1. The Kier molecular flexibility index (Phi) is 5.69. The Morgan fingerprint density at radius 2 is 2.00 bits per heavy atom. The molecule has 1 aromatic carbocycles. The number of rotatable bonds is 6. The zero-order chi connectivity index (χ0) is 14.4. The molecule has 1 atom stereocenters. The van der Waals surface area contributed by atoms with E-state index in [4.69, 9.17) is 10.5 Å². The highest BCUT2D eigenvalue weighted by Crippen LogP contribution is 2.24. The standard InChI is InChI=1S/C13H18F2N2O2/c1-8(16)5-9-6-10(14)13(11(15)7-9)19-4-3-12(18)17-2/h6-8H,3-5,16H2,1-2H3,(H,17,18). The van der Waals surface area contributed by atoms with Crippen LogP contribution >= 0.6 is 0 Å². The molecule has 6 heteroatoms. The van der Waals surface area contributed by atoms with E-state index in [1.54, 1.807) is 6.92 Å². The minimum absolute atomic E-state index is 0.0387. The van der Waals surface area contributed by atoms with E-state index in [1.807, 2.05) is 0 Å². The summed E-state index contributed by atoms with van der Waals surface area (Å²) in [6.45, 7) is 1.67. The molecule has 1 amide bonds. The average Bonchev–Trinajstić information content (AvgIpc) is 2.31. The van der Waals surface area contributed by atoms with Crippen LogP contribution in [0.3, 0.4) is 0 Å². The Bertz CT molecular complexity index is 427. The van der Waals surface area contributed by atoms with Crippen molar-refractivity contribution in [3.63, 3.8) is 0 Å². The molecule has 0 spiro atoms. The highest BCUT2D eigenvalue weighted by atomic mass is 19.1. The van der Waals surface area contributed by atoms with Gasteiger partial charge in [0.2, 0.25) is 5.91 Å². The second-order valence-electron chi connectivity index (χ2n) is 4.34. The Morgan fingerprint density at radius 3 is 2.47 bits per heavy atom. The lowest BCUT2D eigenvalue weighted by molar-refractivity contribution is -0.121. The van der Waals surface area contributed by atoms with Gasteiger partial charge in [-0.3, -0.25) is 4.79 Å². The van der Waals surface area contributed by atoms with E-state index in [9.17, 15) is 13.6 Å². The average molecular weight is 272 g/mol. The van der Waals surface area contributed by atoms with Crippen molar-refractivity contribution < 1.29 is 18.3 Å². The van der Waals surface area contributed by atoms with Gasteiger partial charge in [0.15, 0.2) is 17.4 Å². The van der Waals surface area contributed by atoms with Gasteiger partial charge in [0, 0.05) is 13.1 Å². The number of benzene rings is 1. The summed E-state index contributed by atoms with van der Waals surface area (Å²) in [5.74, 6) is -2.29. The van der Waals surface area contributed by atoms with E-state index in [0.717, 1.165) is 0 Å². The molecule has 0 fully saturated rings. The van der Waals surface area contributed by atoms with Crippen LogP contribution < -0.4 is 15.8 Å². The highest BCUT2D eigenvalue weighted by Gasteiger charge is 2.13. The number of hydrogen-bond acceptors (Lipinski definition) is 3. The predicted octanol–water partition coefficient (Wildman–Crippen LogP) is 1.37. The Labute approximate surface area is 110 Å². The molecule has 0 radical (unpaired) electrons. The van der Waals surface area contributed by atoms with Crippen molar-refractivity contribution in [1.82, 2.24) is 5.32 Å². The summed E-state index contributed by atoms with van der Waals surface area (Å²) >= 11 is 0. The first-order valence-electron chi connectivity index (χ1n) is 6.01. The van der Waals surface area contributed by atoms with Gasteiger partial charge in [-0.2, -0.15) is 0 Å². The molecule has 1 aromatic rings. The van der Waals surface area contributed by atoms with Gasteiger partial charge >= 0.3 is 0 Å². The van der Waals surface area contributed by atoms with Gasteiger partial charge in [0.1, 0.15) is 0 Å². The van der Waals surface area contributed by atoms with Crippen molar-refractivity contribution in [3.05, 3.63) is 29.3 Å².